The van der Waals surface area contributed by atoms with Crippen molar-refractivity contribution in [3.05, 3.63) is 34.6 Å². The van der Waals surface area contributed by atoms with E-state index in [2.05, 4.69) is 0 Å². The Morgan fingerprint density at radius 1 is 1.39 bits per heavy atom. The van der Waals surface area contributed by atoms with Crippen LogP contribution in [0.2, 0.25) is 5.02 Å². The van der Waals surface area contributed by atoms with Gasteiger partial charge in [-0.15, -0.1) is 0 Å². The van der Waals surface area contributed by atoms with Gasteiger partial charge in [-0.2, -0.15) is 0 Å². The van der Waals surface area contributed by atoms with Crippen LogP contribution in [0.15, 0.2) is 18.2 Å². The van der Waals surface area contributed by atoms with Crippen molar-refractivity contribution in [2.75, 3.05) is 13.2 Å². The van der Waals surface area contributed by atoms with Gasteiger partial charge in [0.15, 0.2) is 0 Å². The second-order valence-corrected chi connectivity index (χ2v) is 5.26. The van der Waals surface area contributed by atoms with Gasteiger partial charge in [0.1, 0.15) is 5.82 Å². The highest BCUT2D eigenvalue weighted by Gasteiger charge is 2.19. The summed E-state index contributed by atoms with van der Waals surface area (Å²) in [5.74, 6) is 0.132. The number of hydrogen-bond donors (Lipinski definition) is 1. The SMILES string of the molecule is OC(Cc1c(F)cccc1Cl)CC1CCOCC1. The lowest BCUT2D eigenvalue weighted by Crippen LogP contribution is -2.22. The van der Waals surface area contributed by atoms with E-state index in [0.29, 0.717) is 22.9 Å². The first-order valence-electron chi connectivity index (χ1n) is 6.35. The molecule has 1 unspecified atom stereocenters. The highest BCUT2D eigenvalue weighted by molar-refractivity contribution is 6.31. The fraction of sp³-hybridized carbons (Fsp3) is 0.571. The molecular weight excluding hydrogens is 255 g/mol. The summed E-state index contributed by atoms with van der Waals surface area (Å²) in [6, 6.07) is 4.61. The summed E-state index contributed by atoms with van der Waals surface area (Å²) in [7, 11) is 0. The van der Waals surface area contributed by atoms with Crippen molar-refractivity contribution < 1.29 is 14.2 Å². The summed E-state index contributed by atoms with van der Waals surface area (Å²) in [5.41, 5.74) is 0.415. The molecule has 0 spiro atoms. The molecule has 1 aromatic rings. The lowest BCUT2D eigenvalue weighted by Gasteiger charge is -2.24. The molecule has 1 atom stereocenters. The van der Waals surface area contributed by atoms with Crippen LogP contribution in [0.4, 0.5) is 4.39 Å². The number of benzene rings is 1. The normalized spacial score (nSPS) is 18.8. The molecule has 0 amide bonds. The standard InChI is InChI=1S/C14H18ClFO2/c15-13-2-1-3-14(16)12(13)9-11(17)8-10-4-6-18-7-5-10/h1-3,10-11,17H,4-9H2. The van der Waals surface area contributed by atoms with Crippen molar-refractivity contribution in [3.63, 3.8) is 0 Å². The van der Waals surface area contributed by atoms with Crippen molar-refractivity contribution >= 4 is 11.6 Å². The number of aliphatic hydroxyl groups excluding tert-OH is 1. The molecule has 4 heteroatoms. The summed E-state index contributed by atoms with van der Waals surface area (Å²) in [6.07, 6.45) is 2.38. The summed E-state index contributed by atoms with van der Waals surface area (Å²) in [4.78, 5) is 0. The summed E-state index contributed by atoms with van der Waals surface area (Å²) in [6.45, 7) is 1.52. The van der Waals surface area contributed by atoms with Crippen LogP contribution >= 0.6 is 11.6 Å². The molecule has 0 aliphatic carbocycles. The van der Waals surface area contributed by atoms with Crippen LogP contribution in [0.1, 0.15) is 24.8 Å². The van der Waals surface area contributed by atoms with Gasteiger partial charge in [0.25, 0.3) is 0 Å². The lowest BCUT2D eigenvalue weighted by atomic mass is 9.91. The van der Waals surface area contributed by atoms with Gasteiger partial charge in [-0.3, -0.25) is 0 Å². The quantitative estimate of drug-likeness (QED) is 0.912. The average molecular weight is 273 g/mol. The Morgan fingerprint density at radius 2 is 2.11 bits per heavy atom. The van der Waals surface area contributed by atoms with Gasteiger partial charge in [-0.1, -0.05) is 17.7 Å². The predicted octanol–water partition coefficient (Wildman–Crippen LogP) is 3.20. The minimum absolute atomic E-state index is 0.281. The highest BCUT2D eigenvalue weighted by Crippen LogP contribution is 2.25. The van der Waals surface area contributed by atoms with Gasteiger partial charge in [-0.25, -0.2) is 4.39 Å². The van der Waals surface area contributed by atoms with Crippen LogP contribution in [-0.2, 0) is 11.2 Å². The fourth-order valence-electron chi connectivity index (χ4n) is 2.41. The molecule has 18 heavy (non-hydrogen) atoms. The Bertz CT molecular complexity index is 371. The first-order chi connectivity index (χ1) is 8.66. The summed E-state index contributed by atoms with van der Waals surface area (Å²) < 4.78 is 18.8. The van der Waals surface area contributed by atoms with Gasteiger partial charge < -0.3 is 9.84 Å². The third-order valence-electron chi connectivity index (χ3n) is 3.45. The molecule has 0 saturated carbocycles. The molecule has 0 aromatic heterocycles. The predicted molar refractivity (Wildman–Crippen MR) is 69.3 cm³/mol. The van der Waals surface area contributed by atoms with Gasteiger partial charge in [0.05, 0.1) is 6.10 Å². The zero-order chi connectivity index (χ0) is 13.0. The van der Waals surface area contributed by atoms with Crippen LogP contribution in [0.3, 0.4) is 0 Å². The number of halogens is 2. The van der Waals surface area contributed by atoms with Crippen LogP contribution in [0, 0.1) is 11.7 Å². The fourth-order valence-corrected chi connectivity index (χ4v) is 2.65. The Labute approximate surface area is 112 Å². The van der Waals surface area contributed by atoms with E-state index in [1.807, 2.05) is 0 Å². The summed E-state index contributed by atoms with van der Waals surface area (Å²) in [5, 5.41) is 10.4. The molecule has 0 radical (unpaired) electrons. The van der Waals surface area contributed by atoms with Crippen LogP contribution < -0.4 is 0 Å². The van der Waals surface area contributed by atoms with E-state index in [4.69, 9.17) is 16.3 Å². The molecule has 1 saturated heterocycles. The van der Waals surface area contributed by atoms with Gasteiger partial charge in [-0.05, 0) is 37.3 Å². The van der Waals surface area contributed by atoms with E-state index in [-0.39, 0.29) is 12.2 Å². The molecule has 0 bridgehead atoms. The molecule has 1 N–H and O–H groups in total. The monoisotopic (exact) mass is 272 g/mol. The van der Waals surface area contributed by atoms with E-state index < -0.39 is 6.10 Å². The Kier molecular flexibility index (Phi) is 4.98. The molecule has 1 aliphatic rings. The molecule has 2 nitrogen and oxygen atoms in total. The maximum atomic E-state index is 13.6. The Balaban J connectivity index is 1.92. The van der Waals surface area contributed by atoms with Crippen LogP contribution in [0.5, 0.6) is 0 Å². The van der Waals surface area contributed by atoms with Crippen molar-refractivity contribution in [3.8, 4) is 0 Å². The smallest absolute Gasteiger partial charge is 0.127 e. The largest absolute Gasteiger partial charge is 0.393 e. The molecule has 100 valence electrons. The van der Waals surface area contributed by atoms with E-state index in [1.165, 1.54) is 6.07 Å². The topological polar surface area (TPSA) is 29.5 Å². The van der Waals surface area contributed by atoms with Gasteiger partial charge in [0, 0.05) is 30.2 Å². The molecule has 1 heterocycles. The zero-order valence-electron chi connectivity index (χ0n) is 10.2. The molecular formula is C14H18ClFO2. The second kappa shape index (κ2) is 6.50. The van der Waals surface area contributed by atoms with E-state index in [9.17, 15) is 9.50 Å². The highest BCUT2D eigenvalue weighted by atomic mass is 35.5. The van der Waals surface area contributed by atoms with E-state index in [1.54, 1.807) is 12.1 Å². The molecule has 1 aliphatic heterocycles. The van der Waals surface area contributed by atoms with Crippen LogP contribution in [0.25, 0.3) is 0 Å². The van der Waals surface area contributed by atoms with Gasteiger partial charge in [0.2, 0.25) is 0 Å². The number of hydrogen-bond acceptors (Lipinski definition) is 2. The first kappa shape index (κ1) is 13.8. The zero-order valence-corrected chi connectivity index (χ0v) is 11.0. The van der Waals surface area contributed by atoms with Crippen molar-refractivity contribution in [1.82, 2.24) is 0 Å². The Morgan fingerprint density at radius 3 is 2.78 bits per heavy atom. The molecule has 1 aromatic carbocycles. The van der Waals surface area contributed by atoms with E-state index >= 15 is 0 Å². The maximum absolute atomic E-state index is 13.6. The van der Waals surface area contributed by atoms with Crippen LogP contribution in [-0.4, -0.2) is 24.4 Å². The lowest BCUT2D eigenvalue weighted by molar-refractivity contribution is 0.0437. The third-order valence-corrected chi connectivity index (χ3v) is 3.80. The third kappa shape index (κ3) is 3.67. The molecule has 2 rings (SSSR count). The maximum Gasteiger partial charge on any atom is 0.127 e. The number of aliphatic hydroxyl groups is 1. The minimum Gasteiger partial charge on any atom is -0.393 e. The van der Waals surface area contributed by atoms with E-state index in [0.717, 1.165) is 26.1 Å². The second-order valence-electron chi connectivity index (χ2n) is 4.85. The van der Waals surface area contributed by atoms with Gasteiger partial charge >= 0.3 is 0 Å². The van der Waals surface area contributed by atoms with Crippen molar-refractivity contribution in [2.45, 2.75) is 31.8 Å². The van der Waals surface area contributed by atoms with Crippen molar-refractivity contribution in [2.24, 2.45) is 5.92 Å². The minimum atomic E-state index is -0.539. The van der Waals surface area contributed by atoms with Crippen molar-refractivity contribution in [1.29, 1.82) is 0 Å². The molecule has 1 fully saturated rings. The number of rotatable bonds is 4. The number of ether oxygens (including phenoxy) is 1. The Hall–Kier alpha value is -0.640. The first-order valence-corrected chi connectivity index (χ1v) is 6.73. The summed E-state index contributed by atoms with van der Waals surface area (Å²) >= 11 is 5.95. The average Bonchev–Trinajstić information content (AvgIpc) is 2.35.